The summed E-state index contributed by atoms with van der Waals surface area (Å²) in [6.45, 7) is 4.17. The van der Waals surface area contributed by atoms with E-state index in [2.05, 4.69) is 5.32 Å². The highest BCUT2D eigenvalue weighted by Crippen LogP contribution is 2.31. The van der Waals surface area contributed by atoms with E-state index in [9.17, 15) is 17.6 Å². The van der Waals surface area contributed by atoms with Crippen molar-refractivity contribution in [3.8, 4) is 0 Å². The van der Waals surface area contributed by atoms with Crippen molar-refractivity contribution in [2.75, 3.05) is 18.1 Å². The van der Waals surface area contributed by atoms with E-state index in [0.717, 1.165) is 22.9 Å². The zero-order valence-corrected chi connectivity index (χ0v) is 15.7. The second-order valence-electron chi connectivity index (χ2n) is 6.64. The number of amides is 2. The van der Waals surface area contributed by atoms with Crippen LogP contribution in [-0.4, -0.2) is 32.1 Å². The number of carbonyl (C=O) groups excluding carboxylic acids is 1. The summed E-state index contributed by atoms with van der Waals surface area (Å²) >= 11 is 0. The van der Waals surface area contributed by atoms with Gasteiger partial charge in [-0.2, -0.15) is 0 Å². The van der Waals surface area contributed by atoms with Gasteiger partial charge in [-0.3, -0.25) is 0 Å². The van der Waals surface area contributed by atoms with Crippen LogP contribution in [0.2, 0.25) is 0 Å². The van der Waals surface area contributed by atoms with Crippen molar-refractivity contribution in [3.05, 3.63) is 58.9 Å². The molecule has 0 aliphatic carbocycles. The molecule has 0 bridgehead atoms. The van der Waals surface area contributed by atoms with Crippen LogP contribution < -0.4 is 5.32 Å². The SMILES string of the molecule is Cc1ccc(S(C)(=O)=O)cc1NC(=O)N1CCc2ccc(F)cc2C1C. The molecule has 0 aromatic heterocycles. The van der Waals surface area contributed by atoms with Crippen molar-refractivity contribution < 1.29 is 17.6 Å². The van der Waals surface area contributed by atoms with Crippen molar-refractivity contribution in [2.45, 2.75) is 31.2 Å². The molecule has 2 aromatic carbocycles. The molecule has 1 unspecified atom stereocenters. The summed E-state index contributed by atoms with van der Waals surface area (Å²) in [6, 6.07) is 8.70. The number of rotatable bonds is 2. The van der Waals surface area contributed by atoms with Crippen LogP contribution in [-0.2, 0) is 16.3 Å². The van der Waals surface area contributed by atoms with Gasteiger partial charge >= 0.3 is 6.03 Å². The quantitative estimate of drug-likeness (QED) is 0.869. The average molecular weight is 376 g/mol. The summed E-state index contributed by atoms with van der Waals surface area (Å²) in [5.41, 5.74) is 3.06. The number of nitrogens with zero attached hydrogens (tertiary/aromatic N) is 1. The van der Waals surface area contributed by atoms with Gasteiger partial charge in [0.05, 0.1) is 10.9 Å². The summed E-state index contributed by atoms with van der Waals surface area (Å²) in [4.78, 5) is 14.5. The van der Waals surface area contributed by atoms with Gasteiger partial charge in [-0.1, -0.05) is 12.1 Å². The Labute approximate surface area is 152 Å². The van der Waals surface area contributed by atoms with Crippen LogP contribution in [0.3, 0.4) is 0 Å². The number of halogens is 1. The maximum Gasteiger partial charge on any atom is 0.322 e. The largest absolute Gasteiger partial charge is 0.322 e. The molecule has 138 valence electrons. The Bertz CT molecular complexity index is 973. The minimum Gasteiger partial charge on any atom is -0.317 e. The zero-order valence-electron chi connectivity index (χ0n) is 14.9. The Kier molecular flexibility index (Phi) is 4.75. The lowest BCUT2D eigenvalue weighted by atomic mass is 9.94. The Morgan fingerprint density at radius 3 is 2.65 bits per heavy atom. The number of sulfone groups is 1. The molecular weight excluding hydrogens is 355 g/mol. The van der Waals surface area contributed by atoms with E-state index in [1.54, 1.807) is 24.0 Å². The molecule has 26 heavy (non-hydrogen) atoms. The number of anilines is 1. The van der Waals surface area contributed by atoms with Crippen LogP contribution in [0.15, 0.2) is 41.3 Å². The van der Waals surface area contributed by atoms with Crippen LogP contribution in [0.25, 0.3) is 0 Å². The summed E-state index contributed by atoms with van der Waals surface area (Å²) in [6.07, 6.45) is 1.77. The van der Waals surface area contributed by atoms with Crippen molar-refractivity contribution in [1.29, 1.82) is 0 Å². The van der Waals surface area contributed by atoms with Gasteiger partial charge in [0.15, 0.2) is 9.84 Å². The lowest BCUT2D eigenvalue weighted by molar-refractivity contribution is 0.188. The highest BCUT2D eigenvalue weighted by atomic mass is 32.2. The first-order valence-corrected chi connectivity index (χ1v) is 10.2. The zero-order chi connectivity index (χ0) is 19.1. The fourth-order valence-electron chi connectivity index (χ4n) is 3.22. The maximum atomic E-state index is 13.6. The van der Waals surface area contributed by atoms with Gasteiger partial charge in [-0.15, -0.1) is 0 Å². The van der Waals surface area contributed by atoms with Gasteiger partial charge in [-0.25, -0.2) is 17.6 Å². The molecule has 0 saturated carbocycles. The summed E-state index contributed by atoms with van der Waals surface area (Å²) in [5.74, 6) is -0.324. The average Bonchev–Trinajstić information content (AvgIpc) is 2.56. The molecule has 7 heteroatoms. The van der Waals surface area contributed by atoms with Crippen molar-refractivity contribution in [2.24, 2.45) is 0 Å². The van der Waals surface area contributed by atoms with E-state index in [-0.39, 0.29) is 22.8 Å². The third-order valence-corrected chi connectivity index (χ3v) is 5.90. The van der Waals surface area contributed by atoms with E-state index in [1.807, 2.05) is 6.92 Å². The molecule has 1 N–H and O–H groups in total. The molecule has 2 amide bonds. The smallest absolute Gasteiger partial charge is 0.317 e. The Morgan fingerprint density at radius 2 is 1.96 bits per heavy atom. The van der Waals surface area contributed by atoms with Crippen molar-refractivity contribution in [3.63, 3.8) is 0 Å². The molecule has 1 heterocycles. The molecule has 0 radical (unpaired) electrons. The van der Waals surface area contributed by atoms with E-state index in [0.29, 0.717) is 18.7 Å². The second kappa shape index (κ2) is 6.72. The number of urea groups is 1. The predicted octanol–water partition coefficient (Wildman–Crippen LogP) is 3.69. The first kappa shape index (κ1) is 18.4. The molecule has 1 aliphatic heterocycles. The molecular formula is C19H21FN2O3S. The van der Waals surface area contributed by atoms with Crippen LogP contribution in [0, 0.1) is 12.7 Å². The number of benzene rings is 2. The first-order valence-electron chi connectivity index (χ1n) is 8.33. The fourth-order valence-corrected chi connectivity index (χ4v) is 3.86. The number of nitrogens with one attached hydrogen (secondary N) is 1. The molecule has 5 nitrogen and oxygen atoms in total. The van der Waals surface area contributed by atoms with Crippen LogP contribution in [0.5, 0.6) is 0 Å². The lowest BCUT2D eigenvalue weighted by Gasteiger charge is -2.35. The second-order valence-corrected chi connectivity index (χ2v) is 8.66. The third-order valence-electron chi connectivity index (χ3n) is 4.79. The normalized spacial score (nSPS) is 16.9. The summed E-state index contributed by atoms with van der Waals surface area (Å²) < 4.78 is 37.1. The number of fused-ring (bicyclic) bond motifs is 1. The lowest BCUT2D eigenvalue weighted by Crippen LogP contribution is -2.41. The Morgan fingerprint density at radius 1 is 1.23 bits per heavy atom. The van der Waals surface area contributed by atoms with E-state index >= 15 is 0 Å². The highest BCUT2D eigenvalue weighted by molar-refractivity contribution is 7.90. The minimum absolute atomic E-state index is 0.150. The summed E-state index contributed by atoms with van der Waals surface area (Å²) in [7, 11) is -3.36. The van der Waals surface area contributed by atoms with Gasteiger partial charge in [0, 0.05) is 18.5 Å². The third kappa shape index (κ3) is 3.58. The maximum absolute atomic E-state index is 13.6. The van der Waals surface area contributed by atoms with Crippen LogP contribution in [0.4, 0.5) is 14.9 Å². The molecule has 1 aliphatic rings. The number of hydrogen-bond donors (Lipinski definition) is 1. The van der Waals surface area contributed by atoms with E-state index < -0.39 is 9.84 Å². The van der Waals surface area contributed by atoms with E-state index in [4.69, 9.17) is 0 Å². The molecule has 0 spiro atoms. The predicted molar refractivity (Wildman–Crippen MR) is 98.5 cm³/mol. The molecule has 2 aromatic rings. The first-order chi connectivity index (χ1) is 12.2. The van der Waals surface area contributed by atoms with Gasteiger partial charge in [0.2, 0.25) is 0 Å². The number of hydrogen-bond acceptors (Lipinski definition) is 3. The van der Waals surface area contributed by atoms with Gasteiger partial charge in [0.1, 0.15) is 5.82 Å². The van der Waals surface area contributed by atoms with Crippen molar-refractivity contribution >= 4 is 21.6 Å². The molecule has 0 saturated heterocycles. The number of carbonyl (C=O) groups is 1. The fraction of sp³-hybridized carbons (Fsp3) is 0.316. The topological polar surface area (TPSA) is 66.5 Å². The van der Waals surface area contributed by atoms with Gasteiger partial charge in [0.25, 0.3) is 0 Å². The molecule has 3 rings (SSSR count). The highest BCUT2D eigenvalue weighted by Gasteiger charge is 2.28. The minimum atomic E-state index is -3.36. The Balaban J connectivity index is 1.85. The van der Waals surface area contributed by atoms with Gasteiger partial charge < -0.3 is 10.2 Å². The van der Waals surface area contributed by atoms with Gasteiger partial charge in [-0.05, 0) is 61.2 Å². The molecule has 0 fully saturated rings. The number of aryl methyl sites for hydroxylation is 1. The van der Waals surface area contributed by atoms with Crippen molar-refractivity contribution in [1.82, 2.24) is 4.90 Å². The monoisotopic (exact) mass is 376 g/mol. The Hall–Kier alpha value is -2.41. The van der Waals surface area contributed by atoms with Crippen LogP contribution >= 0.6 is 0 Å². The van der Waals surface area contributed by atoms with E-state index in [1.165, 1.54) is 24.3 Å². The van der Waals surface area contributed by atoms with Crippen LogP contribution in [0.1, 0.15) is 29.7 Å². The molecule has 1 atom stereocenters. The summed E-state index contributed by atoms with van der Waals surface area (Å²) in [5, 5.41) is 2.80. The standard InChI is InChI=1S/C19H21FN2O3S/c1-12-4-7-16(26(3,24)25)11-18(12)21-19(23)22-9-8-14-5-6-15(20)10-17(14)13(22)2/h4-7,10-11,13H,8-9H2,1-3H3,(H,21,23).